The van der Waals surface area contributed by atoms with E-state index in [2.05, 4.69) is 0 Å². The SMILES string of the molecule is CC(CN)S(=O)(=O)N(C)CC1CC(O)C1. The molecule has 1 saturated carbocycles. The van der Waals surface area contributed by atoms with Gasteiger partial charge in [-0.1, -0.05) is 0 Å². The molecular weight excluding hydrogens is 216 g/mol. The molecule has 0 heterocycles. The van der Waals surface area contributed by atoms with Gasteiger partial charge in [0.1, 0.15) is 0 Å². The van der Waals surface area contributed by atoms with Crippen molar-refractivity contribution in [2.45, 2.75) is 31.1 Å². The summed E-state index contributed by atoms with van der Waals surface area (Å²) in [4.78, 5) is 0. The van der Waals surface area contributed by atoms with E-state index in [1.165, 1.54) is 4.31 Å². The van der Waals surface area contributed by atoms with Crippen LogP contribution in [0.15, 0.2) is 0 Å². The van der Waals surface area contributed by atoms with Crippen molar-refractivity contribution in [3.05, 3.63) is 0 Å². The lowest BCUT2D eigenvalue weighted by Crippen LogP contribution is -2.44. The van der Waals surface area contributed by atoms with Crippen LogP contribution in [-0.4, -0.2) is 49.3 Å². The molecule has 0 radical (unpaired) electrons. The summed E-state index contributed by atoms with van der Waals surface area (Å²) < 4.78 is 25.0. The Morgan fingerprint density at radius 3 is 2.47 bits per heavy atom. The van der Waals surface area contributed by atoms with Crippen molar-refractivity contribution in [1.82, 2.24) is 4.31 Å². The fourth-order valence-electron chi connectivity index (χ4n) is 1.75. The second-order valence-corrected chi connectivity index (χ2v) is 6.82. The number of aliphatic hydroxyl groups excluding tert-OH is 1. The molecule has 5 nitrogen and oxygen atoms in total. The molecule has 0 amide bonds. The van der Waals surface area contributed by atoms with Crippen LogP contribution in [0.1, 0.15) is 19.8 Å². The van der Waals surface area contributed by atoms with E-state index in [1.807, 2.05) is 0 Å². The summed E-state index contributed by atoms with van der Waals surface area (Å²) >= 11 is 0. The van der Waals surface area contributed by atoms with Gasteiger partial charge < -0.3 is 10.8 Å². The van der Waals surface area contributed by atoms with Crippen molar-refractivity contribution in [2.24, 2.45) is 11.7 Å². The zero-order valence-electron chi connectivity index (χ0n) is 9.26. The highest BCUT2D eigenvalue weighted by Gasteiger charge is 2.32. The third kappa shape index (κ3) is 2.90. The summed E-state index contributed by atoms with van der Waals surface area (Å²) in [7, 11) is -1.68. The number of hydrogen-bond acceptors (Lipinski definition) is 4. The second kappa shape index (κ2) is 4.78. The fraction of sp³-hybridized carbons (Fsp3) is 1.00. The number of nitrogens with two attached hydrogens (primary N) is 1. The first kappa shape index (κ1) is 12.9. The zero-order valence-corrected chi connectivity index (χ0v) is 10.1. The number of hydrogen-bond donors (Lipinski definition) is 2. The summed E-state index contributed by atoms with van der Waals surface area (Å²) in [6.45, 7) is 2.24. The highest BCUT2D eigenvalue weighted by molar-refractivity contribution is 7.89. The topological polar surface area (TPSA) is 83.6 Å². The third-order valence-electron chi connectivity index (χ3n) is 3.00. The Labute approximate surface area is 91.3 Å². The number of sulfonamides is 1. The average molecular weight is 236 g/mol. The molecule has 0 aromatic heterocycles. The monoisotopic (exact) mass is 236 g/mol. The maximum atomic E-state index is 11.8. The molecule has 6 heteroatoms. The Balaban J connectivity index is 2.49. The van der Waals surface area contributed by atoms with E-state index in [-0.39, 0.29) is 12.6 Å². The number of nitrogens with zero attached hydrogens (tertiary/aromatic N) is 1. The van der Waals surface area contributed by atoms with Gasteiger partial charge in [0, 0.05) is 20.1 Å². The predicted octanol–water partition coefficient (Wildman–Crippen LogP) is -0.634. The lowest BCUT2D eigenvalue weighted by Gasteiger charge is -2.34. The fourth-order valence-corrected chi connectivity index (χ4v) is 3.02. The Morgan fingerprint density at radius 2 is 2.07 bits per heavy atom. The summed E-state index contributed by atoms with van der Waals surface area (Å²) in [6.07, 6.45) is 1.17. The maximum Gasteiger partial charge on any atom is 0.217 e. The van der Waals surface area contributed by atoms with Crippen molar-refractivity contribution in [3.63, 3.8) is 0 Å². The van der Waals surface area contributed by atoms with Crippen LogP contribution in [0, 0.1) is 5.92 Å². The van der Waals surface area contributed by atoms with E-state index in [9.17, 15) is 8.42 Å². The molecule has 0 saturated heterocycles. The van der Waals surface area contributed by atoms with Crippen molar-refractivity contribution in [3.8, 4) is 0 Å². The molecule has 1 rings (SSSR count). The average Bonchev–Trinajstić information content (AvgIpc) is 2.13. The minimum absolute atomic E-state index is 0.139. The molecule has 1 aliphatic carbocycles. The predicted molar refractivity (Wildman–Crippen MR) is 58.8 cm³/mol. The van der Waals surface area contributed by atoms with Gasteiger partial charge in [-0.25, -0.2) is 12.7 Å². The number of rotatable bonds is 5. The van der Waals surface area contributed by atoms with E-state index < -0.39 is 15.3 Å². The molecule has 0 aromatic rings. The van der Waals surface area contributed by atoms with Crippen LogP contribution in [0.2, 0.25) is 0 Å². The van der Waals surface area contributed by atoms with Crippen LogP contribution in [0.5, 0.6) is 0 Å². The maximum absolute atomic E-state index is 11.8. The summed E-state index contributed by atoms with van der Waals surface area (Å²) in [5, 5.41) is 8.57. The summed E-state index contributed by atoms with van der Waals surface area (Å²) in [5.41, 5.74) is 5.35. The standard InChI is InChI=1S/C9H20N2O3S/c1-7(5-10)15(13,14)11(2)6-8-3-9(12)4-8/h7-9,12H,3-6,10H2,1-2H3. The largest absolute Gasteiger partial charge is 0.393 e. The minimum Gasteiger partial charge on any atom is -0.393 e. The van der Waals surface area contributed by atoms with Gasteiger partial charge in [-0.15, -0.1) is 0 Å². The first-order valence-electron chi connectivity index (χ1n) is 5.21. The lowest BCUT2D eigenvalue weighted by molar-refractivity contribution is 0.0366. The van der Waals surface area contributed by atoms with Gasteiger partial charge in [0.25, 0.3) is 0 Å². The highest BCUT2D eigenvalue weighted by atomic mass is 32.2. The summed E-state index contributed by atoms with van der Waals surface area (Å²) in [5.74, 6) is 0.296. The minimum atomic E-state index is -3.25. The molecule has 90 valence electrons. The third-order valence-corrected chi connectivity index (χ3v) is 5.23. The highest BCUT2D eigenvalue weighted by Crippen LogP contribution is 2.28. The number of aliphatic hydroxyl groups is 1. The molecular formula is C9H20N2O3S. The van der Waals surface area contributed by atoms with Gasteiger partial charge in [0.15, 0.2) is 0 Å². The van der Waals surface area contributed by atoms with E-state index >= 15 is 0 Å². The molecule has 0 bridgehead atoms. The van der Waals surface area contributed by atoms with Gasteiger partial charge in [0.2, 0.25) is 10.0 Å². The summed E-state index contributed by atoms with van der Waals surface area (Å²) in [6, 6.07) is 0. The molecule has 0 aromatic carbocycles. The van der Waals surface area contributed by atoms with Crippen molar-refractivity contribution in [2.75, 3.05) is 20.1 Å². The molecule has 1 aliphatic rings. The molecule has 1 atom stereocenters. The van der Waals surface area contributed by atoms with E-state index in [0.717, 1.165) is 0 Å². The van der Waals surface area contributed by atoms with Gasteiger partial charge in [-0.05, 0) is 25.7 Å². The molecule has 0 aliphatic heterocycles. The van der Waals surface area contributed by atoms with Crippen molar-refractivity contribution in [1.29, 1.82) is 0 Å². The molecule has 0 spiro atoms. The lowest BCUT2D eigenvalue weighted by atomic mass is 9.82. The quantitative estimate of drug-likeness (QED) is 0.665. The van der Waals surface area contributed by atoms with Crippen LogP contribution in [0.25, 0.3) is 0 Å². The van der Waals surface area contributed by atoms with E-state index in [4.69, 9.17) is 10.8 Å². The van der Waals surface area contributed by atoms with Crippen molar-refractivity contribution < 1.29 is 13.5 Å². The van der Waals surface area contributed by atoms with Gasteiger partial charge >= 0.3 is 0 Å². The Kier molecular flexibility index (Phi) is 4.11. The molecule has 1 unspecified atom stereocenters. The van der Waals surface area contributed by atoms with Gasteiger partial charge in [-0.3, -0.25) is 0 Å². The second-order valence-electron chi connectivity index (χ2n) is 4.36. The van der Waals surface area contributed by atoms with Crippen LogP contribution < -0.4 is 5.73 Å². The first-order valence-corrected chi connectivity index (χ1v) is 6.71. The molecule has 3 N–H and O–H groups in total. The van der Waals surface area contributed by atoms with Crippen molar-refractivity contribution >= 4 is 10.0 Å². The van der Waals surface area contributed by atoms with Gasteiger partial charge in [0.05, 0.1) is 11.4 Å². The zero-order chi connectivity index (χ0) is 11.6. The Bertz CT molecular complexity index is 298. The Hall–Kier alpha value is -0.170. The normalized spacial score (nSPS) is 28.9. The molecule has 15 heavy (non-hydrogen) atoms. The van der Waals surface area contributed by atoms with Crippen LogP contribution >= 0.6 is 0 Å². The Morgan fingerprint density at radius 1 is 1.53 bits per heavy atom. The smallest absolute Gasteiger partial charge is 0.217 e. The van der Waals surface area contributed by atoms with Crippen LogP contribution in [-0.2, 0) is 10.0 Å². The van der Waals surface area contributed by atoms with E-state index in [1.54, 1.807) is 14.0 Å². The van der Waals surface area contributed by atoms with Crippen LogP contribution in [0.4, 0.5) is 0 Å². The van der Waals surface area contributed by atoms with E-state index in [0.29, 0.717) is 25.3 Å². The molecule has 1 fully saturated rings. The van der Waals surface area contributed by atoms with Gasteiger partial charge in [-0.2, -0.15) is 0 Å². The van der Waals surface area contributed by atoms with Crippen LogP contribution in [0.3, 0.4) is 0 Å². The first-order chi connectivity index (χ1) is 6.87.